The highest BCUT2D eigenvalue weighted by atomic mass is 35.5. The van der Waals surface area contributed by atoms with Crippen LogP contribution >= 0.6 is 11.6 Å². The first kappa shape index (κ1) is 13.8. The molecule has 0 spiro atoms. The first-order valence-electron chi connectivity index (χ1n) is 5.78. The number of aromatic nitrogens is 1. The van der Waals surface area contributed by atoms with Gasteiger partial charge in [-0.3, -0.25) is 4.98 Å². The second-order valence-electron chi connectivity index (χ2n) is 3.99. The Hall–Kier alpha value is -1.65. The van der Waals surface area contributed by atoms with Gasteiger partial charge in [0.25, 0.3) is 0 Å². The zero-order valence-electron chi connectivity index (χ0n) is 10.7. The van der Waals surface area contributed by atoms with Crippen LogP contribution in [0.4, 0.5) is 4.39 Å². The smallest absolute Gasteiger partial charge is 0.142 e. The molecule has 1 heterocycles. The van der Waals surface area contributed by atoms with E-state index in [1.165, 1.54) is 12.1 Å². The lowest BCUT2D eigenvalue weighted by molar-refractivity contribution is 0.401. The van der Waals surface area contributed by atoms with Crippen LogP contribution in [0.2, 0.25) is 5.02 Å². The number of halogens is 2. The van der Waals surface area contributed by atoms with E-state index in [1.54, 1.807) is 32.5 Å². The standard InChI is InChI=1S/C14H14ClFN2O/c1-17-13(9-5-6-10(15)11(16)8-9)14-12(19-2)4-3-7-18-14/h3-8,13,17H,1-2H3. The van der Waals surface area contributed by atoms with E-state index in [9.17, 15) is 4.39 Å². The van der Waals surface area contributed by atoms with Crippen molar-refractivity contribution in [2.24, 2.45) is 0 Å². The van der Waals surface area contributed by atoms with Gasteiger partial charge in [-0.1, -0.05) is 17.7 Å². The highest BCUT2D eigenvalue weighted by molar-refractivity contribution is 6.30. The van der Waals surface area contributed by atoms with Gasteiger partial charge < -0.3 is 10.1 Å². The van der Waals surface area contributed by atoms with E-state index in [4.69, 9.17) is 16.3 Å². The van der Waals surface area contributed by atoms with Crippen molar-refractivity contribution < 1.29 is 9.13 Å². The van der Waals surface area contributed by atoms with Gasteiger partial charge in [0, 0.05) is 6.20 Å². The molecule has 0 radical (unpaired) electrons. The fourth-order valence-corrected chi connectivity index (χ4v) is 2.06. The second kappa shape index (κ2) is 5.99. The molecular weight excluding hydrogens is 267 g/mol. The van der Waals surface area contributed by atoms with Gasteiger partial charge >= 0.3 is 0 Å². The molecule has 0 aliphatic heterocycles. The molecule has 19 heavy (non-hydrogen) atoms. The quantitative estimate of drug-likeness (QED) is 0.934. The molecule has 1 aromatic heterocycles. The summed E-state index contributed by atoms with van der Waals surface area (Å²) >= 11 is 5.70. The molecule has 5 heteroatoms. The number of pyridine rings is 1. The minimum Gasteiger partial charge on any atom is -0.495 e. The van der Waals surface area contributed by atoms with Gasteiger partial charge in [0.05, 0.1) is 18.2 Å². The lowest BCUT2D eigenvalue weighted by Gasteiger charge is -2.18. The maximum Gasteiger partial charge on any atom is 0.142 e. The van der Waals surface area contributed by atoms with Crippen LogP contribution in [-0.2, 0) is 0 Å². The van der Waals surface area contributed by atoms with E-state index in [0.717, 1.165) is 5.56 Å². The third kappa shape index (κ3) is 2.85. The number of rotatable bonds is 4. The molecule has 3 nitrogen and oxygen atoms in total. The normalized spacial score (nSPS) is 12.2. The van der Waals surface area contributed by atoms with Gasteiger partial charge in [0.1, 0.15) is 17.3 Å². The predicted octanol–water partition coefficient (Wildman–Crippen LogP) is 3.19. The predicted molar refractivity (Wildman–Crippen MR) is 73.1 cm³/mol. The van der Waals surface area contributed by atoms with Crippen LogP contribution in [0.5, 0.6) is 5.75 Å². The summed E-state index contributed by atoms with van der Waals surface area (Å²) in [6.45, 7) is 0. The summed E-state index contributed by atoms with van der Waals surface area (Å²) < 4.78 is 18.8. The number of methoxy groups -OCH3 is 1. The van der Waals surface area contributed by atoms with Crippen molar-refractivity contribution in [3.63, 3.8) is 0 Å². The van der Waals surface area contributed by atoms with Crippen LogP contribution in [0.1, 0.15) is 17.3 Å². The molecule has 1 atom stereocenters. The summed E-state index contributed by atoms with van der Waals surface area (Å²) in [6.07, 6.45) is 1.68. The van der Waals surface area contributed by atoms with Crippen LogP contribution in [0.25, 0.3) is 0 Å². The number of nitrogens with one attached hydrogen (secondary N) is 1. The van der Waals surface area contributed by atoms with Crippen molar-refractivity contribution in [3.05, 3.63) is 58.6 Å². The summed E-state index contributed by atoms with van der Waals surface area (Å²) in [5, 5.41) is 3.21. The Morgan fingerprint density at radius 3 is 2.79 bits per heavy atom. The van der Waals surface area contributed by atoms with E-state index in [-0.39, 0.29) is 11.1 Å². The highest BCUT2D eigenvalue weighted by Crippen LogP contribution is 2.29. The van der Waals surface area contributed by atoms with Gasteiger partial charge in [0.15, 0.2) is 0 Å². The van der Waals surface area contributed by atoms with Crippen molar-refractivity contribution in [2.75, 3.05) is 14.2 Å². The van der Waals surface area contributed by atoms with Crippen LogP contribution in [0.3, 0.4) is 0 Å². The lowest BCUT2D eigenvalue weighted by atomic mass is 10.0. The van der Waals surface area contributed by atoms with Crippen LogP contribution < -0.4 is 10.1 Å². The van der Waals surface area contributed by atoms with Gasteiger partial charge in [0.2, 0.25) is 0 Å². The molecule has 0 amide bonds. The molecule has 0 bridgehead atoms. The Bertz CT molecular complexity index is 577. The molecule has 2 aromatic rings. The number of benzene rings is 1. The Morgan fingerprint density at radius 1 is 1.37 bits per heavy atom. The van der Waals surface area contributed by atoms with E-state index in [0.29, 0.717) is 11.4 Å². The largest absolute Gasteiger partial charge is 0.495 e. The summed E-state index contributed by atoms with van der Waals surface area (Å²) in [4.78, 5) is 4.31. The third-order valence-electron chi connectivity index (χ3n) is 2.86. The average Bonchev–Trinajstić information content (AvgIpc) is 2.44. The monoisotopic (exact) mass is 280 g/mol. The fraction of sp³-hybridized carbons (Fsp3) is 0.214. The molecule has 1 aromatic carbocycles. The molecule has 2 rings (SSSR count). The van der Waals surface area contributed by atoms with Gasteiger partial charge in [-0.25, -0.2) is 4.39 Å². The second-order valence-corrected chi connectivity index (χ2v) is 4.39. The topological polar surface area (TPSA) is 34.2 Å². The summed E-state index contributed by atoms with van der Waals surface area (Å²) in [5.41, 5.74) is 1.44. The van der Waals surface area contributed by atoms with E-state index in [1.807, 2.05) is 6.07 Å². The molecule has 1 unspecified atom stereocenters. The van der Waals surface area contributed by atoms with Crippen molar-refractivity contribution in [3.8, 4) is 5.75 Å². The molecule has 0 saturated heterocycles. The molecule has 1 N–H and O–H groups in total. The first-order valence-corrected chi connectivity index (χ1v) is 6.16. The number of nitrogens with zero attached hydrogens (tertiary/aromatic N) is 1. The third-order valence-corrected chi connectivity index (χ3v) is 3.17. The van der Waals surface area contributed by atoms with Crippen molar-refractivity contribution in [2.45, 2.75) is 6.04 Å². The maximum absolute atomic E-state index is 13.6. The molecule has 0 saturated carbocycles. The lowest BCUT2D eigenvalue weighted by Crippen LogP contribution is -2.19. The Balaban J connectivity index is 2.46. The van der Waals surface area contributed by atoms with E-state index < -0.39 is 5.82 Å². The molecule has 0 aliphatic rings. The SMILES string of the molecule is CNC(c1ccc(Cl)c(F)c1)c1ncccc1OC. The average molecular weight is 281 g/mol. The van der Waals surface area contributed by atoms with Gasteiger partial charge in [-0.2, -0.15) is 0 Å². The Kier molecular flexibility index (Phi) is 4.35. The summed E-state index contributed by atoms with van der Waals surface area (Å²) in [6, 6.07) is 8.05. The summed E-state index contributed by atoms with van der Waals surface area (Å²) in [5.74, 6) is 0.200. The summed E-state index contributed by atoms with van der Waals surface area (Å²) in [7, 11) is 3.36. The van der Waals surface area contributed by atoms with Gasteiger partial charge in [-0.15, -0.1) is 0 Å². The maximum atomic E-state index is 13.6. The number of ether oxygens (including phenoxy) is 1. The zero-order valence-corrected chi connectivity index (χ0v) is 11.4. The molecular formula is C14H14ClFN2O. The minimum absolute atomic E-state index is 0.103. The van der Waals surface area contributed by atoms with Crippen molar-refractivity contribution in [1.29, 1.82) is 0 Å². The highest BCUT2D eigenvalue weighted by Gasteiger charge is 2.18. The number of hydrogen-bond donors (Lipinski definition) is 1. The molecule has 0 aliphatic carbocycles. The van der Waals surface area contributed by atoms with Crippen LogP contribution in [-0.4, -0.2) is 19.1 Å². The van der Waals surface area contributed by atoms with Crippen LogP contribution in [0.15, 0.2) is 36.5 Å². The van der Waals surface area contributed by atoms with Crippen molar-refractivity contribution in [1.82, 2.24) is 10.3 Å². The Morgan fingerprint density at radius 2 is 2.16 bits per heavy atom. The zero-order chi connectivity index (χ0) is 13.8. The van der Waals surface area contributed by atoms with Crippen LogP contribution in [0, 0.1) is 5.82 Å². The number of hydrogen-bond acceptors (Lipinski definition) is 3. The van der Waals surface area contributed by atoms with Gasteiger partial charge in [-0.05, 0) is 36.9 Å². The minimum atomic E-state index is -0.450. The van der Waals surface area contributed by atoms with E-state index in [2.05, 4.69) is 10.3 Å². The molecule has 0 fully saturated rings. The first-order chi connectivity index (χ1) is 9.17. The Labute approximate surface area is 116 Å². The van der Waals surface area contributed by atoms with Crippen molar-refractivity contribution >= 4 is 11.6 Å². The van der Waals surface area contributed by atoms with E-state index >= 15 is 0 Å². The fourth-order valence-electron chi connectivity index (χ4n) is 1.95. The molecule has 100 valence electrons.